The van der Waals surface area contributed by atoms with Crippen LogP contribution in [0.1, 0.15) is 13.8 Å². The van der Waals surface area contributed by atoms with E-state index in [1.54, 1.807) is 0 Å². The van der Waals surface area contributed by atoms with Gasteiger partial charge in [-0.1, -0.05) is 20.4 Å². The van der Waals surface area contributed by atoms with Crippen LogP contribution in [0.4, 0.5) is 0 Å². The molecule has 0 aliphatic rings. The van der Waals surface area contributed by atoms with Gasteiger partial charge in [-0.3, -0.25) is 4.79 Å². The minimum atomic E-state index is -0.812. The first kappa shape index (κ1) is 11.8. The van der Waals surface area contributed by atoms with E-state index in [1.807, 2.05) is 0 Å². The molecule has 12 heavy (non-hydrogen) atoms. The van der Waals surface area contributed by atoms with E-state index in [1.165, 1.54) is 6.08 Å². The van der Waals surface area contributed by atoms with E-state index in [0.717, 1.165) is 12.3 Å². The number of hydrogen-bond donors (Lipinski definition) is 1. The summed E-state index contributed by atoms with van der Waals surface area (Å²) in [6.07, 6.45) is 3.17. The summed E-state index contributed by atoms with van der Waals surface area (Å²) in [7, 11) is -0.152. The predicted octanol–water partition coefficient (Wildman–Crippen LogP) is 1.62. The molecule has 1 unspecified atom stereocenters. The number of carbonyl (C=O) groups is 1. The number of carbonyl (C=O) groups excluding carboxylic acids is 1. The summed E-state index contributed by atoms with van der Waals surface area (Å²) in [6, 6.07) is 0. The standard InChI is InChI=1S/C9H17O2P/c1-4-8(10)9(11)7-12(5-2)6-3/h4,9,11H,1,5-7H2,2-3H3. The topological polar surface area (TPSA) is 37.3 Å². The third kappa shape index (κ3) is 3.99. The van der Waals surface area contributed by atoms with Gasteiger partial charge in [0.05, 0.1) is 0 Å². The van der Waals surface area contributed by atoms with E-state index >= 15 is 0 Å². The van der Waals surface area contributed by atoms with Crippen LogP contribution in [0.15, 0.2) is 12.7 Å². The van der Waals surface area contributed by atoms with Crippen LogP contribution < -0.4 is 0 Å². The Morgan fingerprint density at radius 1 is 1.58 bits per heavy atom. The van der Waals surface area contributed by atoms with Crippen molar-refractivity contribution < 1.29 is 9.90 Å². The molecular weight excluding hydrogens is 171 g/mol. The molecule has 0 heterocycles. The van der Waals surface area contributed by atoms with Crippen molar-refractivity contribution in [2.24, 2.45) is 0 Å². The van der Waals surface area contributed by atoms with Crippen LogP contribution in [0.3, 0.4) is 0 Å². The largest absolute Gasteiger partial charge is 0.385 e. The van der Waals surface area contributed by atoms with Gasteiger partial charge in [0.1, 0.15) is 6.10 Å². The fraction of sp³-hybridized carbons (Fsp3) is 0.667. The molecule has 0 rings (SSSR count). The van der Waals surface area contributed by atoms with Gasteiger partial charge in [-0.05, 0) is 18.4 Å². The van der Waals surface area contributed by atoms with Gasteiger partial charge < -0.3 is 5.11 Å². The van der Waals surface area contributed by atoms with Crippen molar-refractivity contribution in [3.63, 3.8) is 0 Å². The highest BCUT2D eigenvalue weighted by Gasteiger charge is 2.15. The van der Waals surface area contributed by atoms with Gasteiger partial charge in [-0.25, -0.2) is 0 Å². The van der Waals surface area contributed by atoms with Crippen LogP contribution in [0.2, 0.25) is 0 Å². The molecule has 0 aromatic heterocycles. The molecule has 70 valence electrons. The molecule has 3 heteroatoms. The molecule has 0 saturated carbocycles. The highest BCUT2D eigenvalue weighted by atomic mass is 31.1. The van der Waals surface area contributed by atoms with Crippen molar-refractivity contribution in [3.05, 3.63) is 12.7 Å². The summed E-state index contributed by atoms with van der Waals surface area (Å²) in [5.74, 6) is -0.246. The smallest absolute Gasteiger partial charge is 0.183 e. The second-order valence-corrected chi connectivity index (χ2v) is 5.58. The molecule has 0 radical (unpaired) electrons. The van der Waals surface area contributed by atoms with Crippen LogP contribution in [-0.2, 0) is 4.79 Å². The maximum absolute atomic E-state index is 10.9. The Morgan fingerprint density at radius 2 is 2.08 bits per heavy atom. The fourth-order valence-electron chi connectivity index (χ4n) is 0.952. The highest BCUT2D eigenvalue weighted by Crippen LogP contribution is 2.34. The highest BCUT2D eigenvalue weighted by molar-refractivity contribution is 7.57. The molecule has 0 aromatic rings. The average molecular weight is 188 g/mol. The van der Waals surface area contributed by atoms with Crippen molar-refractivity contribution in [1.29, 1.82) is 0 Å². The molecule has 0 amide bonds. The molecule has 1 N–H and O–H groups in total. The number of aliphatic hydroxyl groups is 1. The lowest BCUT2D eigenvalue weighted by molar-refractivity contribution is -0.121. The molecule has 0 spiro atoms. The Morgan fingerprint density at radius 3 is 2.42 bits per heavy atom. The maximum atomic E-state index is 10.9. The Labute approximate surface area is 75.4 Å². The van der Waals surface area contributed by atoms with E-state index in [9.17, 15) is 9.90 Å². The first-order valence-electron chi connectivity index (χ1n) is 4.22. The van der Waals surface area contributed by atoms with Crippen LogP contribution in [-0.4, -0.2) is 35.5 Å². The number of rotatable bonds is 6. The van der Waals surface area contributed by atoms with Crippen molar-refractivity contribution in [2.45, 2.75) is 20.0 Å². The maximum Gasteiger partial charge on any atom is 0.183 e. The van der Waals surface area contributed by atoms with Gasteiger partial charge in [0.2, 0.25) is 0 Å². The van der Waals surface area contributed by atoms with Crippen LogP contribution in [0.5, 0.6) is 0 Å². The second kappa shape index (κ2) is 6.33. The van der Waals surface area contributed by atoms with Gasteiger partial charge in [-0.2, -0.15) is 0 Å². The second-order valence-electron chi connectivity index (χ2n) is 2.61. The molecule has 0 aromatic carbocycles. The average Bonchev–Trinajstić information content (AvgIpc) is 2.12. The van der Waals surface area contributed by atoms with E-state index in [-0.39, 0.29) is 13.7 Å². The molecule has 2 nitrogen and oxygen atoms in total. The van der Waals surface area contributed by atoms with Gasteiger partial charge in [0, 0.05) is 6.16 Å². The van der Waals surface area contributed by atoms with Gasteiger partial charge in [0.15, 0.2) is 5.78 Å². The summed E-state index contributed by atoms with van der Waals surface area (Å²) < 4.78 is 0. The fourth-order valence-corrected chi connectivity index (χ4v) is 2.59. The summed E-state index contributed by atoms with van der Waals surface area (Å²) in [5.41, 5.74) is 0. The predicted molar refractivity (Wildman–Crippen MR) is 54.1 cm³/mol. The first-order valence-corrected chi connectivity index (χ1v) is 6.12. The lowest BCUT2D eigenvalue weighted by atomic mass is 10.3. The minimum absolute atomic E-state index is 0.152. The third-order valence-electron chi connectivity index (χ3n) is 1.86. The van der Waals surface area contributed by atoms with E-state index < -0.39 is 6.10 Å². The monoisotopic (exact) mass is 188 g/mol. The molecule has 1 atom stereocenters. The summed E-state index contributed by atoms with van der Waals surface area (Å²) >= 11 is 0. The van der Waals surface area contributed by atoms with Crippen molar-refractivity contribution >= 4 is 13.7 Å². The SMILES string of the molecule is C=CC(=O)C(O)CP(CC)CC. The molecule has 0 bridgehead atoms. The zero-order valence-corrected chi connectivity index (χ0v) is 8.68. The molecular formula is C9H17O2P. The van der Waals surface area contributed by atoms with Crippen molar-refractivity contribution in [3.8, 4) is 0 Å². The molecule has 0 aliphatic heterocycles. The quantitative estimate of drug-likeness (QED) is 0.508. The Kier molecular flexibility index (Phi) is 6.23. The van der Waals surface area contributed by atoms with Gasteiger partial charge in [-0.15, -0.1) is 7.92 Å². The van der Waals surface area contributed by atoms with Crippen LogP contribution in [0.25, 0.3) is 0 Å². The molecule has 0 fully saturated rings. The molecule has 0 saturated heterocycles. The lowest BCUT2D eigenvalue weighted by Crippen LogP contribution is -2.22. The van der Waals surface area contributed by atoms with E-state index in [4.69, 9.17) is 0 Å². The van der Waals surface area contributed by atoms with Crippen molar-refractivity contribution in [1.82, 2.24) is 0 Å². The number of hydrogen-bond acceptors (Lipinski definition) is 2. The van der Waals surface area contributed by atoms with Gasteiger partial charge in [0.25, 0.3) is 0 Å². The Hall–Kier alpha value is -0.200. The summed E-state index contributed by atoms with van der Waals surface area (Å²) in [4.78, 5) is 10.9. The third-order valence-corrected chi connectivity index (χ3v) is 4.51. The first-order chi connectivity index (χ1) is 5.65. The zero-order valence-electron chi connectivity index (χ0n) is 7.79. The molecule has 0 aliphatic carbocycles. The van der Waals surface area contributed by atoms with Gasteiger partial charge >= 0.3 is 0 Å². The lowest BCUT2D eigenvalue weighted by Gasteiger charge is -2.15. The van der Waals surface area contributed by atoms with E-state index in [2.05, 4.69) is 20.4 Å². The van der Waals surface area contributed by atoms with Crippen molar-refractivity contribution in [2.75, 3.05) is 18.5 Å². The van der Waals surface area contributed by atoms with Crippen LogP contribution in [0, 0.1) is 0 Å². The normalized spacial score (nSPS) is 13.0. The Balaban J connectivity index is 3.88. The number of aliphatic hydroxyl groups excluding tert-OH is 1. The minimum Gasteiger partial charge on any atom is -0.385 e. The Bertz CT molecular complexity index is 153. The summed E-state index contributed by atoms with van der Waals surface area (Å²) in [6.45, 7) is 7.53. The summed E-state index contributed by atoms with van der Waals surface area (Å²) in [5, 5.41) is 9.35. The van der Waals surface area contributed by atoms with Crippen LogP contribution >= 0.6 is 7.92 Å². The zero-order chi connectivity index (χ0) is 9.56. The van der Waals surface area contributed by atoms with E-state index in [0.29, 0.717) is 6.16 Å². The number of ketones is 1.